The van der Waals surface area contributed by atoms with E-state index in [1.165, 1.54) is 11.8 Å². The summed E-state index contributed by atoms with van der Waals surface area (Å²) >= 11 is 13.7. The zero-order valence-electron chi connectivity index (χ0n) is 19.3. The molecule has 3 aromatic carbocycles. The first-order valence-corrected chi connectivity index (χ1v) is 12.9. The number of rotatable bonds is 10. The van der Waals surface area contributed by atoms with Crippen LogP contribution in [0.15, 0.2) is 72.8 Å². The van der Waals surface area contributed by atoms with E-state index >= 15 is 0 Å². The Morgan fingerprint density at radius 1 is 0.971 bits per heavy atom. The number of halogens is 2. The van der Waals surface area contributed by atoms with E-state index < -0.39 is 6.04 Å². The Kier molecular flexibility index (Phi) is 9.87. The van der Waals surface area contributed by atoms with Gasteiger partial charge >= 0.3 is 0 Å². The lowest BCUT2D eigenvalue weighted by Crippen LogP contribution is -2.50. The molecule has 7 heteroatoms. The third-order valence-corrected chi connectivity index (χ3v) is 7.17. The standard InChI is InChI=1S/C27H28Cl2N2O2S/c1-19-8-6-7-11-21(19)16-31(25(27(33)30-2)14-20-9-4-3-5-10-20)26(32)18-34-17-22-12-13-23(28)15-24(22)29/h3-13,15,25H,14,16-18H2,1-2H3,(H,30,33). The molecule has 0 fully saturated rings. The first-order chi connectivity index (χ1) is 16.4. The number of carbonyl (C=O) groups excluding carboxylic acids is 2. The molecular weight excluding hydrogens is 487 g/mol. The number of aryl methyl sites for hydroxylation is 1. The van der Waals surface area contributed by atoms with Crippen LogP contribution in [0.1, 0.15) is 22.3 Å². The highest BCUT2D eigenvalue weighted by Crippen LogP contribution is 2.25. The highest BCUT2D eigenvalue weighted by atomic mass is 35.5. The van der Waals surface area contributed by atoms with Gasteiger partial charge in [-0.05, 0) is 41.3 Å². The second-order valence-electron chi connectivity index (χ2n) is 8.00. The van der Waals surface area contributed by atoms with Gasteiger partial charge in [0.15, 0.2) is 0 Å². The molecule has 0 spiro atoms. The largest absolute Gasteiger partial charge is 0.357 e. The van der Waals surface area contributed by atoms with Crippen molar-refractivity contribution in [2.24, 2.45) is 0 Å². The number of likely N-dealkylation sites (N-methyl/N-ethyl adjacent to an activating group) is 1. The number of hydrogen-bond donors (Lipinski definition) is 1. The zero-order valence-corrected chi connectivity index (χ0v) is 21.6. The molecular formula is C27H28Cl2N2O2S. The van der Waals surface area contributed by atoms with Crippen molar-refractivity contribution < 1.29 is 9.59 Å². The van der Waals surface area contributed by atoms with Gasteiger partial charge in [0.1, 0.15) is 6.04 Å². The van der Waals surface area contributed by atoms with Crippen molar-refractivity contribution in [3.63, 3.8) is 0 Å². The van der Waals surface area contributed by atoms with Gasteiger partial charge in [0, 0.05) is 35.8 Å². The number of nitrogens with one attached hydrogen (secondary N) is 1. The van der Waals surface area contributed by atoms with Crippen LogP contribution in [0, 0.1) is 6.92 Å². The maximum Gasteiger partial charge on any atom is 0.242 e. The summed E-state index contributed by atoms with van der Waals surface area (Å²) in [4.78, 5) is 28.2. The van der Waals surface area contributed by atoms with E-state index in [1.54, 1.807) is 24.1 Å². The van der Waals surface area contributed by atoms with Gasteiger partial charge in [0.2, 0.25) is 11.8 Å². The number of hydrogen-bond acceptors (Lipinski definition) is 3. The van der Waals surface area contributed by atoms with Crippen LogP contribution in [-0.2, 0) is 28.3 Å². The zero-order chi connectivity index (χ0) is 24.5. The van der Waals surface area contributed by atoms with Gasteiger partial charge in [-0.2, -0.15) is 0 Å². The molecule has 1 unspecified atom stereocenters. The molecule has 1 N–H and O–H groups in total. The van der Waals surface area contributed by atoms with Crippen LogP contribution in [0.5, 0.6) is 0 Å². The number of amides is 2. The van der Waals surface area contributed by atoms with Crippen LogP contribution in [0.3, 0.4) is 0 Å². The minimum Gasteiger partial charge on any atom is -0.357 e. The Hall–Kier alpha value is -2.47. The maximum atomic E-state index is 13.5. The van der Waals surface area contributed by atoms with Crippen LogP contribution in [0.2, 0.25) is 10.0 Å². The SMILES string of the molecule is CNC(=O)C(Cc1ccccc1)N(Cc1ccccc1C)C(=O)CSCc1ccc(Cl)cc1Cl. The van der Waals surface area contributed by atoms with Gasteiger partial charge in [-0.3, -0.25) is 9.59 Å². The normalized spacial score (nSPS) is 11.6. The highest BCUT2D eigenvalue weighted by Gasteiger charge is 2.30. The summed E-state index contributed by atoms with van der Waals surface area (Å²) in [7, 11) is 1.61. The molecule has 1 atom stereocenters. The first kappa shape index (κ1) is 26.1. The van der Waals surface area contributed by atoms with Crippen LogP contribution >= 0.6 is 35.0 Å². The molecule has 4 nitrogen and oxygen atoms in total. The van der Waals surface area contributed by atoms with E-state index in [4.69, 9.17) is 23.2 Å². The van der Waals surface area contributed by atoms with Gasteiger partial charge < -0.3 is 10.2 Å². The Morgan fingerprint density at radius 3 is 2.35 bits per heavy atom. The van der Waals surface area contributed by atoms with Gasteiger partial charge in [-0.1, -0.05) is 83.9 Å². The van der Waals surface area contributed by atoms with E-state index in [2.05, 4.69) is 5.32 Å². The average molecular weight is 516 g/mol. The molecule has 0 aliphatic carbocycles. The van der Waals surface area contributed by atoms with Crippen LogP contribution in [0.25, 0.3) is 0 Å². The summed E-state index contributed by atoms with van der Waals surface area (Å²) in [5.74, 6) is 0.524. The maximum absolute atomic E-state index is 13.5. The molecule has 0 bridgehead atoms. The average Bonchev–Trinajstić information content (AvgIpc) is 2.83. The fraction of sp³-hybridized carbons (Fsp3) is 0.259. The first-order valence-electron chi connectivity index (χ1n) is 11.0. The lowest BCUT2D eigenvalue weighted by atomic mass is 10.0. The molecule has 3 aromatic rings. The quantitative estimate of drug-likeness (QED) is 0.365. The Balaban J connectivity index is 1.82. The third kappa shape index (κ3) is 7.26. The van der Waals surface area contributed by atoms with Crippen molar-refractivity contribution in [2.75, 3.05) is 12.8 Å². The number of carbonyl (C=O) groups is 2. The molecule has 2 amide bonds. The predicted octanol–water partition coefficient (Wildman–Crippen LogP) is 5.92. The molecule has 0 saturated carbocycles. The summed E-state index contributed by atoms with van der Waals surface area (Å²) in [6, 6.07) is 22.4. The van der Waals surface area contributed by atoms with Gasteiger partial charge in [0.05, 0.1) is 5.75 Å². The summed E-state index contributed by atoms with van der Waals surface area (Å²) < 4.78 is 0. The Labute approximate surface area is 215 Å². The Morgan fingerprint density at radius 2 is 1.68 bits per heavy atom. The highest BCUT2D eigenvalue weighted by molar-refractivity contribution is 7.99. The van der Waals surface area contributed by atoms with Gasteiger partial charge in [0.25, 0.3) is 0 Å². The summed E-state index contributed by atoms with van der Waals surface area (Å²) in [6.45, 7) is 2.38. The molecule has 3 rings (SSSR count). The topological polar surface area (TPSA) is 49.4 Å². The fourth-order valence-electron chi connectivity index (χ4n) is 3.66. The van der Waals surface area contributed by atoms with E-state index in [0.717, 1.165) is 22.3 Å². The molecule has 0 radical (unpaired) electrons. The summed E-state index contributed by atoms with van der Waals surface area (Å²) in [6.07, 6.45) is 0.436. The van der Waals surface area contributed by atoms with E-state index in [1.807, 2.05) is 67.6 Å². The van der Waals surface area contributed by atoms with Crippen molar-refractivity contribution in [3.05, 3.63) is 105 Å². The smallest absolute Gasteiger partial charge is 0.242 e. The lowest BCUT2D eigenvalue weighted by molar-refractivity contribution is -0.139. The minimum atomic E-state index is -0.626. The summed E-state index contributed by atoms with van der Waals surface area (Å²) in [5.41, 5.74) is 4.01. The monoisotopic (exact) mass is 514 g/mol. The van der Waals surface area contributed by atoms with Gasteiger partial charge in [-0.25, -0.2) is 0 Å². The minimum absolute atomic E-state index is 0.0946. The molecule has 0 aliphatic rings. The number of nitrogens with zero attached hydrogens (tertiary/aromatic N) is 1. The molecule has 0 heterocycles. The van der Waals surface area contributed by atoms with Crippen LogP contribution in [-0.4, -0.2) is 35.6 Å². The molecule has 34 heavy (non-hydrogen) atoms. The van der Waals surface area contributed by atoms with Crippen molar-refractivity contribution in [2.45, 2.75) is 31.7 Å². The van der Waals surface area contributed by atoms with Crippen LogP contribution in [0.4, 0.5) is 0 Å². The van der Waals surface area contributed by atoms with Crippen molar-refractivity contribution in [1.29, 1.82) is 0 Å². The molecule has 0 aromatic heterocycles. The van der Waals surface area contributed by atoms with Crippen molar-refractivity contribution in [1.82, 2.24) is 10.2 Å². The second kappa shape index (κ2) is 12.8. The fourth-order valence-corrected chi connectivity index (χ4v) is 5.13. The van der Waals surface area contributed by atoms with E-state index in [-0.39, 0.29) is 17.6 Å². The summed E-state index contributed by atoms with van der Waals surface area (Å²) in [5, 5.41) is 3.90. The predicted molar refractivity (Wildman–Crippen MR) is 142 cm³/mol. The van der Waals surface area contributed by atoms with E-state index in [0.29, 0.717) is 28.8 Å². The molecule has 0 saturated heterocycles. The van der Waals surface area contributed by atoms with Crippen molar-refractivity contribution >= 4 is 46.8 Å². The molecule has 178 valence electrons. The van der Waals surface area contributed by atoms with Crippen LogP contribution < -0.4 is 5.32 Å². The second-order valence-corrected chi connectivity index (χ2v) is 9.83. The third-order valence-electron chi connectivity index (χ3n) is 5.62. The lowest BCUT2D eigenvalue weighted by Gasteiger charge is -2.31. The Bertz CT molecular complexity index is 1120. The van der Waals surface area contributed by atoms with E-state index in [9.17, 15) is 9.59 Å². The van der Waals surface area contributed by atoms with Gasteiger partial charge in [-0.15, -0.1) is 11.8 Å². The van der Waals surface area contributed by atoms with Crippen molar-refractivity contribution in [3.8, 4) is 0 Å². The molecule has 0 aliphatic heterocycles. The number of thioether (sulfide) groups is 1. The number of benzene rings is 3.